The lowest BCUT2D eigenvalue weighted by atomic mass is 10.0. The van der Waals surface area contributed by atoms with Crippen molar-refractivity contribution in [2.24, 2.45) is 4.99 Å². The van der Waals surface area contributed by atoms with E-state index in [2.05, 4.69) is 16.0 Å². The van der Waals surface area contributed by atoms with Crippen LogP contribution in [0.1, 0.15) is 23.7 Å². The molecule has 82 valence electrons. The van der Waals surface area contributed by atoms with Crippen LogP contribution in [0.2, 0.25) is 0 Å². The predicted molar refractivity (Wildman–Crippen MR) is 65.0 cm³/mol. The van der Waals surface area contributed by atoms with Crippen molar-refractivity contribution >= 4 is 16.6 Å². The molecule has 2 aromatic rings. The Hall–Kier alpha value is -1.61. The number of hydrogen-bond acceptors (Lipinski definition) is 2. The monoisotopic (exact) mass is 214 g/mol. The molecule has 0 saturated heterocycles. The van der Waals surface area contributed by atoms with Crippen molar-refractivity contribution in [2.45, 2.75) is 20.0 Å². The van der Waals surface area contributed by atoms with E-state index in [-0.39, 0.29) is 6.61 Å². The quantitative estimate of drug-likeness (QED) is 0.749. The van der Waals surface area contributed by atoms with E-state index in [4.69, 9.17) is 5.11 Å². The van der Waals surface area contributed by atoms with Crippen molar-refractivity contribution in [3.8, 4) is 0 Å². The molecule has 0 unspecified atom stereocenters. The first kappa shape index (κ1) is 9.60. The van der Waals surface area contributed by atoms with Crippen molar-refractivity contribution in [1.29, 1.82) is 0 Å². The van der Waals surface area contributed by atoms with Crippen LogP contribution >= 0.6 is 0 Å². The molecule has 0 radical (unpaired) electrons. The van der Waals surface area contributed by atoms with Gasteiger partial charge in [0.15, 0.2) is 0 Å². The molecule has 0 fully saturated rings. The number of rotatable bonds is 1. The Morgan fingerprint density at radius 1 is 1.44 bits per heavy atom. The van der Waals surface area contributed by atoms with E-state index in [0.717, 1.165) is 35.5 Å². The minimum atomic E-state index is 0.0900. The summed E-state index contributed by atoms with van der Waals surface area (Å²) in [5.74, 6) is 0. The summed E-state index contributed by atoms with van der Waals surface area (Å²) in [6.45, 7) is 3.01. The molecule has 1 aromatic carbocycles. The second kappa shape index (κ2) is 3.46. The first-order chi connectivity index (χ1) is 7.79. The lowest BCUT2D eigenvalue weighted by molar-refractivity contribution is 0.282. The fourth-order valence-electron chi connectivity index (χ4n) is 2.38. The number of aliphatic hydroxyl groups excluding tert-OH is 1. The molecule has 0 saturated carbocycles. The maximum Gasteiger partial charge on any atom is 0.0682 e. The van der Waals surface area contributed by atoms with Crippen LogP contribution in [0.5, 0.6) is 0 Å². The standard InChI is InChI=1S/C13H14N2O/c1-8-13-11(4-5-14-8)10-3-2-9(7-16)6-12(10)15-13/h2-3,6,15-16H,4-5,7H2,1H3. The van der Waals surface area contributed by atoms with Gasteiger partial charge in [0, 0.05) is 17.4 Å². The summed E-state index contributed by atoms with van der Waals surface area (Å²) in [6.07, 6.45) is 1.01. The molecule has 3 heteroatoms. The fourth-order valence-corrected chi connectivity index (χ4v) is 2.38. The zero-order valence-electron chi connectivity index (χ0n) is 9.25. The second-order valence-electron chi connectivity index (χ2n) is 4.23. The van der Waals surface area contributed by atoms with Gasteiger partial charge in [-0.1, -0.05) is 12.1 Å². The van der Waals surface area contributed by atoms with Crippen molar-refractivity contribution in [1.82, 2.24) is 4.98 Å². The van der Waals surface area contributed by atoms with Gasteiger partial charge in [0.2, 0.25) is 0 Å². The van der Waals surface area contributed by atoms with Gasteiger partial charge in [-0.15, -0.1) is 0 Å². The SMILES string of the molecule is CC1=NCCc2c1[nH]c1cc(CO)ccc21. The van der Waals surface area contributed by atoms with Gasteiger partial charge in [-0.3, -0.25) is 4.99 Å². The van der Waals surface area contributed by atoms with Gasteiger partial charge in [-0.25, -0.2) is 0 Å². The van der Waals surface area contributed by atoms with Crippen LogP contribution in [0.3, 0.4) is 0 Å². The Morgan fingerprint density at radius 2 is 2.31 bits per heavy atom. The van der Waals surface area contributed by atoms with Crippen molar-refractivity contribution in [2.75, 3.05) is 6.54 Å². The number of H-pyrrole nitrogens is 1. The lowest BCUT2D eigenvalue weighted by Crippen LogP contribution is -2.08. The average Bonchev–Trinajstić information content (AvgIpc) is 2.68. The molecule has 1 aliphatic heterocycles. The average molecular weight is 214 g/mol. The molecule has 2 N–H and O–H groups in total. The highest BCUT2D eigenvalue weighted by atomic mass is 16.3. The fraction of sp³-hybridized carbons (Fsp3) is 0.308. The Labute approximate surface area is 93.8 Å². The topological polar surface area (TPSA) is 48.4 Å². The molecule has 0 amide bonds. The summed E-state index contributed by atoms with van der Waals surface area (Å²) < 4.78 is 0. The van der Waals surface area contributed by atoms with Gasteiger partial charge >= 0.3 is 0 Å². The highest BCUT2D eigenvalue weighted by Crippen LogP contribution is 2.26. The Balaban J connectivity index is 2.28. The molecule has 0 aliphatic carbocycles. The van der Waals surface area contributed by atoms with Crippen LogP contribution in [0.15, 0.2) is 23.2 Å². The minimum absolute atomic E-state index is 0.0900. The number of aromatic nitrogens is 1. The van der Waals surface area contributed by atoms with Crippen LogP contribution in [-0.2, 0) is 13.0 Å². The van der Waals surface area contributed by atoms with E-state index in [1.54, 1.807) is 0 Å². The normalized spacial score (nSPS) is 15.0. The van der Waals surface area contributed by atoms with Gasteiger partial charge < -0.3 is 10.1 Å². The molecule has 0 atom stereocenters. The Morgan fingerprint density at radius 3 is 3.12 bits per heavy atom. The van der Waals surface area contributed by atoms with Crippen molar-refractivity contribution in [3.05, 3.63) is 35.0 Å². The minimum Gasteiger partial charge on any atom is -0.392 e. The maximum absolute atomic E-state index is 9.11. The lowest BCUT2D eigenvalue weighted by Gasteiger charge is -2.09. The molecule has 3 rings (SSSR count). The highest BCUT2D eigenvalue weighted by molar-refractivity contribution is 6.04. The molecule has 0 bridgehead atoms. The zero-order valence-corrected chi connectivity index (χ0v) is 9.25. The third-order valence-electron chi connectivity index (χ3n) is 3.23. The van der Waals surface area contributed by atoms with Gasteiger partial charge in [0.05, 0.1) is 18.0 Å². The molecule has 2 heterocycles. The maximum atomic E-state index is 9.11. The summed E-state index contributed by atoms with van der Waals surface area (Å²) in [6, 6.07) is 6.09. The highest BCUT2D eigenvalue weighted by Gasteiger charge is 2.16. The summed E-state index contributed by atoms with van der Waals surface area (Å²) in [5.41, 5.74) is 5.67. The molecule has 1 aromatic heterocycles. The van der Waals surface area contributed by atoms with Gasteiger partial charge in [0.25, 0.3) is 0 Å². The van der Waals surface area contributed by atoms with E-state index in [0.29, 0.717) is 0 Å². The van der Waals surface area contributed by atoms with E-state index in [1.165, 1.54) is 10.9 Å². The van der Waals surface area contributed by atoms with Crippen LogP contribution in [-0.4, -0.2) is 22.3 Å². The van der Waals surface area contributed by atoms with Crippen LogP contribution in [0.25, 0.3) is 10.9 Å². The summed E-state index contributed by atoms with van der Waals surface area (Å²) in [4.78, 5) is 7.84. The molecule has 3 nitrogen and oxygen atoms in total. The van der Waals surface area contributed by atoms with Gasteiger partial charge in [-0.05, 0) is 30.5 Å². The van der Waals surface area contributed by atoms with Gasteiger partial charge in [-0.2, -0.15) is 0 Å². The largest absolute Gasteiger partial charge is 0.392 e. The van der Waals surface area contributed by atoms with E-state index < -0.39 is 0 Å². The summed E-state index contributed by atoms with van der Waals surface area (Å²) >= 11 is 0. The molecular formula is C13H14N2O. The van der Waals surface area contributed by atoms with Crippen LogP contribution in [0.4, 0.5) is 0 Å². The number of aliphatic imine (C=N–C) groups is 1. The molecule has 16 heavy (non-hydrogen) atoms. The molecular weight excluding hydrogens is 200 g/mol. The van der Waals surface area contributed by atoms with Crippen LogP contribution in [0, 0.1) is 0 Å². The van der Waals surface area contributed by atoms with Gasteiger partial charge in [0.1, 0.15) is 0 Å². The number of hydrogen-bond donors (Lipinski definition) is 2. The van der Waals surface area contributed by atoms with Crippen LogP contribution < -0.4 is 0 Å². The second-order valence-corrected chi connectivity index (χ2v) is 4.23. The molecule has 0 spiro atoms. The number of fused-ring (bicyclic) bond motifs is 3. The summed E-state index contributed by atoms with van der Waals surface area (Å²) in [7, 11) is 0. The zero-order chi connectivity index (χ0) is 11.1. The van der Waals surface area contributed by atoms with E-state index in [1.807, 2.05) is 19.1 Å². The molecule has 1 aliphatic rings. The number of nitrogens with one attached hydrogen (secondary N) is 1. The van der Waals surface area contributed by atoms with Crippen molar-refractivity contribution in [3.63, 3.8) is 0 Å². The predicted octanol–water partition coefficient (Wildman–Crippen LogP) is 2.03. The third-order valence-corrected chi connectivity index (χ3v) is 3.23. The number of benzene rings is 1. The first-order valence-corrected chi connectivity index (χ1v) is 5.55. The van der Waals surface area contributed by atoms with E-state index >= 15 is 0 Å². The Bertz CT molecular complexity index is 581. The number of nitrogens with zero attached hydrogens (tertiary/aromatic N) is 1. The number of aromatic amines is 1. The number of aliphatic hydroxyl groups is 1. The van der Waals surface area contributed by atoms with Crippen molar-refractivity contribution < 1.29 is 5.11 Å². The first-order valence-electron chi connectivity index (χ1n) is 5.55. The Kier molecular flexibility index (Phi) is 2.07. The smallest absolute Gasteiger partial charge is 0.0682 e. The van der Waals surface area contributed by atoms with E-state index in [9.17, 15) is 0 Å². The third kappa shape index (κ3) is 1.28. The summed E-state index contributed by atoms with van der Waals surface area (Å²) in [5, 5.41) is 10.4.